The van der Waals surface area contributed by atoms with Crippen molar-refractivity contribution in [3.8, 4) is 22.6 Å². The van der Waals surface area contributed by atoms with E-state index >= 15 is 0 Å². The summed E-state index contributed by atoms with van der Waals surface area (Å²) in [7, 11) is 0. The van der Waals surface area contributed by atoms with E-state index in [9.17, 15) is 0 Å². The quantitative estimate of drug-likeness (QED) is 0.183. The molecule has 0 aliphatic heterocycles. The maximum atomic E-state index is 6.43. The van der Waals surface area contributed by atoms with Crippen LogP contribution in [0, 0.1) is 0 Å². The van der Waals surface area contributed by atoms with Crippen LogP contribution in [0.3, 0.4) is 0 Å². The molecule has 0 bridgehead atoms. The minimum atomic E-state index is 0.566. The highest BCUT2D eigenvalue weighted by Gasteiger charge is 2.21. The van der Waals surface area contributed by atoms with Gasteiger partial charge >= 0.3 is 0 Å². The Morgan fingerprint density at radius 2 is 1.06 bits per heavy atom. The maximum absolute atomic E-state index is 6.43. The summed E-state index contributed by atoms with van der Waals surface area (Å²) in [5.74, 6) is 0.566. The molecule has 0 radical (unpaired) electrons. The molecule has 5 heteroatoms. The van der Waals surface area contributed by atoms with Gasteiger partial charge in [0.05, 0.1) is 0 Å². The Kier molecular flexibility index (Phi) is 6.18. The SMILES string of the molecule is c1ccc(-c2ccc3cc(N(c4ccc5c(c4)oc4ccccc45)c4ccc5oc6cccc(-c7nc8ccccc8o7)c6c5c4)ccc3c2)cc1. The normalized spacial score (nSPS) is 11.8. The first-order valence-electron chi connectivity index (χ1n) is 17.4. The largest absolute Gasteiger partial charge is 0.456 e. The minimum absolute atomic E-state index is 0.566. The highest BCUT2D eigenvalue weighted by Crippen LogP contribution is 2.43. The molecule has 0 N–H and O–H groups in total. The first-order chi connectivity index (χ1) is 25.7. The van der Waals surface area contributed by atoms with Crippen molar-refractivity contribution in [2.75, 3.05) is 4.90 Å². The summed E-state index contributed by atoms with van der Waals surface area (Å²) in [5, 5.41) is 6.47. The van der Waals surface area contributed by atoms with Gasteiger partial charge in [-0.2, -0.15) is 0 Å². The van der Waals surface area contributed by atoms with E-state index in [2.05, 4.69) is 120 Å². The van der Waals surface area contributed by atoms with Crippen LogP contribution in [0.4, 0.5) is 17.1 Å². The molecular weight excluding hydrogens is 641 g/mol. The van der Waals surface area contributed by atoms with Crippen LogP contribution < -0.4 is 4.90 Å². The molecule has 0 aliphatic rings. The van der Waals surface area contributed by atoms with E-state index in [4.69, 9.17) is 18.2 Å². The van der Waals surface area contributed by atoms with Crippen molar-refractivity contribution in [1.82, 2.24) is 4.98 Å². The van der Waals surface area contributed by atoms with Crippen molar-refractivity contribution in [3.05, 3.63) is 170 Å². The van der Waals surface area contributed by atoms with Gasteiger partial charge in [-0.05, 0) is 101 Å². The van der Waals surface area contributed by atoms with Crippen LogP contribution in [-0.4, -0.2) is 4.98 Å². The monoisotopic (exact) mass is 668 g/mol. The lowest BCUT2D eigenvalue weighted by Crippen LogP contribution is -2.09. The van der Waals surface area contributed by atoms with E-state index in [1.54, 1.807) is 0 Å². The number of benzene rings is 8. The predicted octanol–water partition coefficient (Wildman–Crippen LogP) is 13.6. The number of nitrogens with zero attached hydrogens (tertiary/aromatic N) is 2. The number of furan rings is 2. The number of para-hydroxylation sites is 3. The maximum Gasteiger partial charge on any atom is 0.228 e. The molecule has 11 rings (SSSR count). The Bertz CT molecular complexity index is 3120. The Morgan fingerprint density at radius 3 is 1.98 bits per heavy atom. The van der Waals surface area contributed by atoms with Crippen LogP contribution in [0.2, 0.25) is 0 Å². The van der Waals surface area contributed by atoms with Crippen molar-refractivity contribution in [1.29, 1.82) is 0 Å². The number of aromatic nitrogens is 1. The van der Waals surface area contributed by atoms with Gasteiger partial charge in [0.15, 0.2) is 5.58 Å². The molecule has 11 aromatic rings. The van der Waals surface area contributed by atoms with E-state index in [1.165, 1.54) is 16.5 Å². The molecule has 0 aliphatic carbocycles. The molecule has 0 atom stereocenters. The van der Waals surface area contributed by atoms with Gasteiger partial charge in [0.1, 0.15) is 27.8 Å². The second-order valence-electron chi connectivity index (χ2n) is 13.2. The van der Waals surface area contributed by atoms with Crippen molar-refractivity contribution >= 4 is 82.8 Å². The van der Waals surface area contributed by atoms with Crippen LogP contribution in [0.5, 0.6) is 0 Å². The minimum Gasteiger partial charge on any atom is -0.456 e. The molecule has 52 heavy (non-hydrogen) atoms. The second-order valence-corrected chi connectivity index (χ2v) is 13.2. The Hall–Kier alpha value is -7.11. The van der Waals surface area contributed by atoms with Gasteiger partial charge in [0, 0.05) is 50.2 Å². The number of fused-ring (bicyclic) bond motifs is 8. The van der Waals surface area contributed by atoms with Gasteiger partial charge in [-0.3, -0.25) is 0 Å². The van der Waals surface area contributed by atoms with Crippen molar-refractivity contribution < 1.29 is 13.3 Å². The molecule has 244 valence electrons. The van der Waals surface area contributed by atoms with Crippen LogP contribution in [0.1, 0.15) is 0 Å². The third-order valence-corrected chi connectivity index (χ3v) is 10.1. The third-order valence-electron chi connectivity index (χ3n) is 10.1. The molecule has 0 unspecified atom stereocenters. The van der Waals surface area contributed by atoms with E-state index < -0.39 is 0 Å². The number of hydrogen-bond donors (Lipinski definition) is 0. The summed E-state index contributed by atoms with van der Waals surface area (Å²) in [6.07, 6.45) is 0. The van der Waals surface area contributed by atoms with Crippen LogP contribution >= 0.6 is 0 Å². The number of rotatable bonds is 5. The summed E-state index contributed by atoms with van der Waals surface area (Å²) in [6, 6.07) is 58.8. The molecule has 3 aromatic heterocycles. The number of anilines is 3. The van der Waals surface area contributed by atoms with Crippen molar-refractivity contribution in [2.24, 2.45) is 0 Å². The fraction of sp³-hybridized carbons (Fsp3) is 0. The van der Waals surface area contributed by atoms with E-state index in [1.807, 2.05) is 54.6 Å². The molecule has 3 heterocycles. The second kappa shape index (κ2) is 11.2. The lowest BCUT2D eigenvalue weighted by atomic mass is 10.0. The first-order valence-corrected chi connectivity index (χ1v) is 17.4. The molecule has 8 aromatic carbocycles. The Morgan fingerprint density at radius 1 is 0.385 bits per heavy atom. The standard InChI is InChI=1S/C47H28N2O3/c1-2-9-29(10-3-1)30-17-18-32-26-33(20-19-31(32)25-30)49(35-21-23-37-36-11-4-6-14-41(36)51-45(37)28-35)34-22-24-42-39(27-34)46-38(12-8-16-44(46)50-42)47-48-40-13-5-7-15-43(40)52-47/h1-28H. The van der Waals surface area contributed by atoms with Gasteiger partial charge in [-0.1, -0.05) is 84.9 Å². The van der Waals surface area contributed by atoms with Crippen molar-refractivity contribution in [3.63, 3.8) is 0 Å². The Balaban J connectivity index is 1.11. The van der Waals surface area contributed by atoms with Crippen LogP contribution in [0.15, 0.2) is 183 Å². The summed E-state index contributed by atoms with van der Waals surface area (Å²) in [4.78, 5) is 7.13. The van der Waals surface area contributed by atoms with Gasteiger partial charge in [-0.15, -0.1) is 0 Å². The smallest absolute Gasteiger partial charge is 0.228 e. The number of hydrogen-bond acceptors (Lipinski definition) is 5. The van der Waals surface area contributed by atoms with Crippen LogP contribution in [-0.2, 0) is 0 Å². The highest BCUT2D eigenvalue weighted by molar-refractivity contribution is 6.13. The fourth-order valence-corrected chi connectivity index (χ4v) is 7.60. The zero-order valence-electron chi connectivity index (χ0n) is 27.8. The molecule has 0 amide bonds. The molecule has 0 saturated carbocycles. The van der Waals surface area contributed by atoms with E-state index in [0.29, 0.717) is 5.89 Å². The zero-order chi connectivity index (χ0) is 34.2. The van der Waals surface area contributed by atoms with Gasteiger partial charge in [0.25, 0.3) is 0 Å². The molecular formula is C47H28N2O3. The molecule has 0 saturated heterocycles. The molecule has 0 spiro atoms. The summed E-state index contributed by atoms with van der Waals surface area (Å²) >= 11 is 0. The summed E-state index contributed by atoms with van der Waals surface area (Å²) < 4.78 is 19.1. The highest BCUT2D eigenvalue weighted by atomic mass is 16.4. The Labute approximate surface area is 297 Å². The fourth-order valence-electron chi connectivity index (χ4n) is 7.60. The van der Waals surface area contributed by atoms with Crippen LogP contribution in [0.25, 0.3) is 88.3 Å². The summed E-state index contributed by atoms with van der Waals surface area (Å²) in [5.41, 5.74) is 11.1. The number of oxazole rings is 1. The lowest BCUT2D eigenvalue weighted by molar-refractivity contribution is 0.620. The van der Waals surface area contributed by atoms with E-state index in [0.717, 1.165) is 83.0 Å². The predicted molar refractivity (Wildman–Crippen MR) is 212 cm³/mol. The van der Waals surface area contributed by atoms with E-state index in [-0.39, 0.29) is 0 Å². The van der Waals surface area contributed by atoms with Crippen molar-refractivity contribution in [2.45, 2.75) is 0 Å². The lowest BCUT2D eigenvalue weighted by Gasteiger charge is -2.26. The van der Waals surface area contributed by atoms with Gasteiger partial charge < -0.3 is 18.2 Å². The molecule has 0 fully saturated rings. The third kappa shape index (κ3) is 4.53. The van der Waals surface area contributed by atoms with Gasteiger partial charge in [-0.25, -0.2) is 4.98 Å². The summed E-state index contributed by atoms with van der Waals surface area (Å²) in [6.45, 7) is 0. The molecule has 5 nitrogen and oxygen atoms in total. The zero-order valence-corrected chi connectivity index (χ0v) is 27.8. The average molecular weight is 669 g/mol. The first kappa shape index (κ1) is 28.7. The van der Waals surface area contributed by atoms with Gasteiger partial charge in [0.2, 0.25) is 5.89 Å². The average Bonchev–Trinajstić information content (AvgIpc) is 3.91. The topological polar surface area (TPSA) is 55.6 Å².